The molecule has 0 spiro atoms. The van der Waals surface area contributed by atoms with Crippen LogP contribution in [0.5, 0.6) is 11.5 Å². The number of hydrogen-bond donors (Lipinski definition) is 1. The zero-order valence-corrected chi connectivity index (χ0v) is 21.8. The van der Waals surface area contributed by atoms with Gasteiger partial charge in [0.2, 0.25) is 21.8 Å². The first-order chi connectivity index (χ1) is 16.6. The lowest BCUT2D eigenvalue weighted by Crippen LogP contribution is -2.51. The number of ether oxygens (including phenoxy) is 2. The molecule has 1 unspecified atom stereocenters. The molecule has 0 aliphatic heterocycles. The van der Waals surface area contributed by atoms with Crippen LogP contribution in [0.4, 0.5) is 5.69 Å². The molecule has 0 bridgehead atoms. The second-order valence-electron chi connectivity index (χ2n) is 8.03. The summed E-state index contributed by atoms with van der Waals surface area (Å²) in [6.07, 6.45) is 1.80. The van der Waals surface area contributed by atoms with Gasteiger partial charge in [0, 0.05) is 13.1 Å². The highest BCUT2D eigenvalue weighted by atomic mass is 32.2. The molecule has 1 atom stereocenters. The van der Waals surface area contributed by atoms with E-state index in [0.717, 1.165) is 22.5 Å². The molecule has 2 aromatic rings. The summed E-state index contributed by atoms with van der Waals surface area (Å²) in [6, 6.07) is 12.8. The Labute approximate surface area is 208 Å². The number of nitrogens with one attached hydrogen (secondary N) is 1. The first kappa shape index (κ1) is 28.0. The van der Waals surface area contributed by atoms with Crippen LogP contribution in [-0.2, 0) is 26.2 Å². The number of carbonyl (C=O) groups is 2. The Hall–Kier alpha value is -3.27. The SMILES string of the molecule is CCCNC(=O)C(C)N(Cc1ccc(OC)cc1)C(=O)CN(c1ccc(OCC)cc1)S(C)(=O)=O. The minimum atomic E-state index is -3.79. The number of anilines is 1. The normalized spacial score (nSPS) is 11.9. The van der Waals surface area contributed by atoms with Gasteiger partial charge in [-0.05, 0) is 62.2 Å². The number of carbonyl (C=O) groups excluding carboxylic acids is 2. The molecule has 0 saturated heterocycles. The van der Waals surface area contributed by atoms with Crippen molar-refractivity contribution in [1.82, 2.24) is 10.2 Å². The van der Waals surface area contributed by atoms with E-state index >= 15 is 0 Å². The molecule has 2 rings (SSSR count). The van der Waals surface area contributed by atoms with Crippen LogP contribution in [0.25, 0.3) is 0 Å². The predicted molar refractivity (Wildman–Crippen MR) is 136 cm³/mol. The van der Waals surface area contributed by atoms with E-state index in [9.17, 15) is 18.0 Å². The van der Waals surface area contributed by atoms with Gasteiger partial charge in [0.25, 0.3) is 0 Å². The molecule has 1 N–H and O–H groups in total. The van der Waals surface area contributed by atoms with Crippen molar-refractivity contribution in [3.8, 4) is 11.5 Å². The molecule has 0 radical (unpaired) electrons. The average Bonchev–Trinajstić information content (AvgIpc) is 2.84. The number of sulfonamides is 1. The molecule has 2 amide bonds. The Morgan fingerprint density at radius 2 is 1.60 bits per heavy atom. The van der Waals surface area contributed by atoms with Gasteiger partial charge in [-0.15, -0.1) is 0 Å². The van der Waals surface area contributed by atoms with E-state index in [1.165, 1.54) is 4.90 Å². The van der Waals surface area contributed by atoms with Gasteiger partial charge >= 0.3 is 0 Å². The van der Waals surface area contributed by atoms with E-state index in [2.05, 4.69) is 5.32 Å². The van der Waals surface area contributed by atoms with E-state index in [-0.39, 0.29) is 12.5 Å². The van der Waals surface area contributed by atoms with Crippen LogP contribution in [0.2, 0.25) is 0 Å². The van der Waals surface area contributed by atoms with Crippen LogP contribution in [-0.4, -0.2) is 64.2 Å². The maximum absolute atomic E-state index is 13.5. The third-order valence-corrected chi connectivity index (χ3v) is 6.48. The largest absolute Gasteiger partial charge is 0.497 e. The molecule has 2 aromatic carbocycles. The summed E-state index contributed by atoms with van der Waals surface area (Å²) in [6.45, 7) is 6.06. The fraction of sp³-hybridized carbons (Fsp3) is 0.440. The van der Waals surface area contributed by atoms with Crippen molar-refractivity contribution in [2.75, 3.05) is 37.4 Å². The summed E-state index contributed by atoms with van der Waals surface area (Å²) in [4.78, 5) is 27.6. The lowest BCUT2D eigenvalue weighted by molar-refractivity contribution is -0.139. The Kier molecular flexibility index (Phi) is 10.4. The first-order valence-electron chi connectivity index (χ1n) is 11.5. The summed E-state index contributed by atoms with van der Waals surface area (Å²) in [5.41, 5.74) is 1.11. The van der Waals surface area contributed by atoms with Crippen LogP contribution in [0, 0.1) is 0 Å². The Morgan fingerprint density at radius 1 is 1.00 bits per heavy atom. The highest BCUT2D eigenvalue weighted by Crippen LogP contribution is 2.23. The van der Waals surface area contributed by atoms with Gasteiger partial charge in [-0.25, -0.2) is 8.42 Å². The van der Waals surface area contributed by atoms with E-state index in [0.29, 0.717) is 30.3 Å². The van der Waals surface area contributed by atoms with E-state index in [1.807, 2.05) is 13.8 Å². The molecule has 35 heavy (non-hydrogen) atoms. The number of hydrogen-bond acceptors (Lipinski definition) is 6. The Balaban J connectivity index is 2.34. The third-order valence-electron chi connectivity index (χ3n) is 5.34. The van der Waals surface area contributed by atoms with E-state index < -0.39 is 28.5 Å². The van der Waals surface area contributed by atoms with Gasteiger partial charge < -0.3 is 19.7 Å². The summed E-state index contributed by atoms with van der Waals surface area (Å²) in [5, 5.41) is 2.81. The highest BCUT2D eigenvalue weighted by molar-refractivity contribution is 7.92. The van der Waals surface area contributed by atoms with Gasteiger partial charge in [-0.1, -0.05) is 19.1 Å². The molecule has 10 heteroatoms. The summed E-state index contributed by atoms with van der Waals surface area (Å²) in [5.74, 6) is 0.456. The van der Waals surface area contributed by atoms with Crippen LogP contribution >= 0.6 is 0 Å². The monoisotopic (exact) mass is 505 g/mol. The minimum absolute atomic E-state index is 0.129. The second-order valence-corrected chi connectivity index (χ2v) is 9.94. The van der Waals surface area contributed by atoms with Crippen molar-refractivity contribution in [3.63, 3.8) is 0 Å². The third kappa shape index (κ3) is 8.17. The molecule has 192 valence electrons. The van der Waals surface area contributed by atoms with Crippen molar-refractivity contribution >= 4 is 27.5 Å². The predicted octanol–water partition coefficient (Wildman–Crippen LogP) is 2.80. The van der Waals surface area contributed by atoms with E-state index in [4.69, 9.17) is 9.47 Å². The van der Waals surface area contributed by atoms with Crippen LogP contribution in [0.15, 0.2) is 48.5 Å². The standard InChI is InChI=1S/C25H35N3O6S/c1-6-16-26-25(30)19(3)27(17-20-8-12-22(33-4)13-9-20)24(29)18-28(35(5,31)32)21-10-14-23(15-11-21)34-7-2/h8-15,19H,6-7,16-18H2,1-5H3,(H,26,30). The zero-order valence-electron chi connectivity index (χ0n) is 21.0. The average molecular weight is 506 g/mol. The lowest BCUT2D eigenvalue weighted by Gasteiger charge is -2.31. The van der Waals surface area contributed by atoms with E-state index in [1.54, 1.807) is 62.6 Å². The highest BCUT2D eigenvalue weighted by Gasteiger charge is 2.30. The van der Waals surface area contributed by atoms with Crippen molar-refractivity contribution in [2.24, 2.45) is 0 Å². The van der Waals surface area contributed by atoms with Crippen molar-refractivity contribution in [3.05, 3.63) is 54.1 Å². The Bertz CT molecular complexity index is 1070. The van der Waals surface area contributed by atoms with Crippen LogP contribution in [0.3, 0.4) is 0 Å². The molecule has 0 aliphatic rings. The van der Waals surface area contributed by atoms with Crippen LogP contribution < -0.4 is 19.1 Å². The number of rotatable bonds is 13. The topological polar surface area (TPSA) is 105 Å². The number of methoxy groups -OCH3 is 1. The molecule has 0 aromatic heterocycles. The van der Waals surface area contributed by atoms with Crippen molar-refractivity contribution in [2.45, 2.75) is 39.8 Å². The van der Waals surface area contributed by atoms with Gasteiger partial charge in [-0.2, -0.15) is 0 Å². The molecule has 9 nitrogen and oxygen atoms in total. The van der Waals surface area contributed by atoms with Crippen molar-refractivity contribution in [1.29, 1.82) is 0 Å². The van der Waals surface area contributed by atoms with Gasteiger partial charge in [0.1, 0.15) is 24.1 Å². The van der Waals surface area contributed by atoms with Crippen molar-refractivity contribution < 1.29 is 27.5 Å². The summed E-state index contributed by atoms with van der Waals surface area (Å²) < 4.78 is 36.9. The minimum Gasteiger partial charge on any atom is -0.497 e. The molecular formula is C25H35N3O6S. The number of benzene rings is 2. The van der Waals surface area contributed by atoms with Gasteiger partial charge in [0.15, 0.2) is 0 Å². The maximum atomic E-state index is 13.5. The second kappa shape index (κ2) is 13.0. The summed E-state index contributed by atoms with van der Waals surface area (Å²) >= 11 is 0. The maximum Gasteiger partial charge on any atom is 0.244 e. The molecule has 0 fully saturated rings. The number of nitrogens with zero attached hydrogens (tertiary/aromatic N) is 2. The fourth-order valence-electron chi connectivity index (χ4n) is 3.40. The number of amides is 2. The first-order valence-corrected chi connectivity index (χ1v) is 13.4. The summed E-state index contributed by atoms with van der Waals surface area (Å²) in [7, 11) is -2.22. The van der Waals surface area contributed by atoms with Gasteiger partial charge in [0.05, 0.1) is 25.7 Å². The molecule has 0 aliphatic carbocycles. The molecular weight excluding hydrogens is 470 g/mol. The van der Waals surface area contributed by atoms with Crippen LogP contribution in [0.1, 0.15) is 32.8 Å². The lowest BCUT2D eigenvalue weighted by atomic mass is 10.1. The smallest absolute Gasteiger partial charge is 0.244 e. The fourth-order valence-corrected chi connectivity index (χ4v) is 4.24. The zero-order chi connectivity index (χ0) is 26.0. The van der Waals surface area contributed by atoms with Gasteiger partial charge in [-0.3, -0.25) is 13.9 Å². The quantitative estimate of drug-likeness (QED) is 0.449. The molecule has 0 heterocycles. The molecule has 0 saturated carbocycles. The Morgan fingerprint density at radius 3 is 2.11 bits per heavy atom.